The van der Waals surface area contributed by atoms with Gasteiger partial charge in [-0.3, -0.25) is 4.98 Å². The topological polar surface area (TPSA) is 63.2 Å². The summed E-state index contributed by atoms with van der Waals surface area (Å²) in [6.45, 7) is -0.549. The van der Waals surface area contributed by atoms with E-state index < -0.39 is 6.61 Å². The van der Waals surface area contributed by atoms with Crippen LogP contribution in [0.1, 0.15) is 24.1 Å². The molecular weight excluding hydrogens is 316 g/mol. The molecule has 0 saturated carbocycles. The highest BCUT2D eigenvalue weighted by Crippen LogP contribution is 2.19. The lowest BCUT2D eigenvalue weighted by Crippen LogP contribution is -2.38. The number of ether oxygens (including phenoxy) is 1. The number of amides is 2. The molecule has 1 heterocycles. The third-order valence-electron chi connectivity index (χ3n) is 3.37. The van der Waals surface area contributed by atoms with Gasteiger partial charge < -0.3 is 15.4 Å². The van der Waals surface area contributed by atoms with Gasteiger partial charge in [0, 0.05) is 18.9 Å². The minimum absolute atomic E-state index is 0.0851. The van der Waals surface area contributed by atoms with Gasteiger partial charge in [0.1, 0.15) is 5.75 Å². The van der Waals surface area contributed by atoms with E-state index in [-0.39, 0.29) is 17.8 Å². The minimum Gasteiger partial charge on any atom is -0.435 e. The standard InChI is InChI=1S/C17H19F2N3O2/c1-12(14-4-6-15(7-5-14)24-16(18)19)22-17(23)21-10-8-13-3-2-9-20-11-13/h2-7,9,11-12,16H,8,10H2,1H3,(H2,21,22,23). The number of hydrogen-bond acceptors (Lipinski definition) is 3. The van der Waals surface area contributed by atoms with Crippen LogP contribution in [-0.4, -0.2) is 24.2 Å². The Morgan fingerprint density at radius 1 is 1.25 bits per heavy atom. The van der Waals surface area contributed by atoms with Gasteiger partial charge >= 0.3 is 12.6 Å². The molecule has 1 unspecified atom stereocenters. The number of nitrogens with one attached hydrogen (secondary N) is 2. The largest absolute Gasteiger partial charge is 0.435 e. The molecule has 1 atom stereocenters. The smallest absolute Gasteiger partial charge is 0.387 e. The maximum Gasteiger partial charge on any atom is 0.387 e. The molecule has 2 rings (SSSR count). The normalized spacial score (nSPS) is 11.8. The molecule has 0 aliphatic carbocycles. The third-order valence-corrected chi connectivity index (χ3v) is 3.37. The van der Waals surface area contributed by atoms with E-state index in [9.17, 15) is 13.6 Å². The average molecular weight is 335 g/mol. The number of hydrogen-bond donors (Lipinski definition) is 2. The second-order valence-electron chi connectivity index (χ2n) is 5.18. The van der Waals surface area contributed by atoms with Gasteiger partial charge in [0.15, 0.2) is 0 Å². The predicted molar refractivity (Wildman–Crippen MR) is 86.0 cm³/mol. The van der Waals surface area contributed by atoms with Gasteiger partial charge in [-0.2, -0.15) is 8.78 Å². The van der Waals surface area contributed by atoms with Crippen LogP contribution in [0.2, 0.25) is 0 Å². The molecule has 0 fully saturated rings. The zero-order valence-corrected chi connectivity index (χ0v) is 13.2. The number of halogens is 2. The molecule has 0 aliphatic heterocycles. The third kappa shape index (κ3) is 5.83. The van der Waals surface area contributed by atoms with Crippen LogP contribution in [0, 0.1) is 0 Å². The molecule has 2 aromatic rings. The molecule has 0 radical (unpaired) electrons. The van der Waals surface area contributed by atoms with E-state index in [0.717, 1.165) is 11.1 Å². The van der Waals surface area contributed by atoms with Gasteiger partial charge in [0.2, 0.25) is 0 Å². The van der Waals surface area contributed by atoms with E-state index in [1.807, 2.05) is 19.1 Å². The summed E-state index contributed by atoms with van der Waals surface area (Å²) in [4.78, 5) is 15.9. The van der Waals surface area contributed by atoms with Crippen molar-refractivity contribution in [2.45, 2.75) is 26.0 Å². The van der Waals surface area contributed by atoms with Gasteiger partial charge in [-0.1, -0.05) is 18.2 Å². The molecule has 2 N–H and O–H groups in total. The lowest BCUT2D eigenvalue weighted by molar-refractivity contribution is -0.0498. The van der Waals surface area contributed by atoms with Crippen LogP contribution in [0.25, 0.3) is 0 Å². The fourth-order valence-electron chi connectivity index (χ4n) is 2.14. The molecule has 0 bridgehead atoms. The Bertz CT molecular complexity index is 636. The molecule has 5 nitrogen and oxygen atoms in total. The molecule has 1 aromatic carbocycles. The molecule has 0 aliphatic rings. The van der Waals surface area contributed by atoms with E-state index in [4.69, 9.17) is 0 Å². The number of nitrogens with zero attached hydrogens (tertiary/aromatic N) is 1. The van der Waals surface area contributed by atoms with Crippen LogP contribution >= 0.6 is 0 Å². The number of carbonyl (C=O) groups is 1. The lowest BCUT2D eigenvalue weighted by Gasteiger charge is -2.15. The molecule has 0 saturated heterocycles. The Morgan fingerprint density at radius 2 is 2.00 bits per heavy atom. The van der Waals surface area contributed by atoms with Gasteiger partial charge in [0.05, 0.1) is 6.04 Å². The number of benzene rings is 1. The first kappa shape index (κ1) is 17.7. The van der Waals surface area contributed by atoms with E-state index >= 15 is 0 Å². The SMILES string of the molecule is CC(NC(=O)NCCc1cccnc1)c1ccc(OC(F)F)cc1. The number of urea groups is 1. The average Bonchev–Trinajstić information content (AvgIpc) is 2.56. The van der Waals surface area contributed by atoms with Gasteiger partial charge in [0.25, 0.3) is 0 Å². The number of pyridine rings is 1. The number of rotatable bonds is 7. The first-order valence-corrected chi connectivity index (χ1v) is 7.52. The van der Waals surface area contributed by atoms with Crippen molar-refractivity contribution < 1.29 is 18.3 Å². The van der Waals surface area contributed by atoms with Crippen molar-refractivity contribution in [3.8, 4) is 5.75 Å². The highest BCUT2D eigenvalue weighted by Gasteiger charge is 2.10. The summed E-state index contributed by atoms with van der Waals surface area (Å²) in [7, 11) is 0. The van der Waals surface area contributed by atoms with Crippen LogP contribution in [0.3, 0.4) is 0 Å². The molecule has 0 spiro atoms. The summed E-state index contributed by atoms with van der Waals surface area (Å²) in [6, 6.07) is 9.40. The summed E-state index contributed by atoms with van der Waals surface area (Å²) in [5, 5.41) is 5.56. The van der Waals surface area contributed by atoms with E-state index in [1.165, 1.54) is 12.1 Å². The Labute approximate surface area is 139 Å². The quantitative estimate of drug-likeness (QED) is 0.816. The summed E-state index contributed by atoms with van der Waals surface area (Å²) < 4.78 is 28.5. The van der Waals surface area contributed by atoms with Crippen molar-refractivity contribution in [3.05, 3.63) is 59.9 Å². The molecule has 128 valence electrons. The van der Waals surface area contributed by atoms with Crippen molar-refractivity contribution in [3.63, 3.8) is 0 Å². The summed E-state index contributed by atoms with van der Waals surface area (Å²) in [6.07, 6.45) is 4.14. The minimum atomic E-state index is -2.85. The second-order valence-corrected chi connectivity index (χ2v) is 5.18. The second kappa shape index (κ2) is 8.81. The van der Waals surface area contributed by atoms with Crippen LogP contribution in [0.5, 0.6) is 5.75 Å². The Morgan fingerprint density at radius 3 is 2.62 bits per heavy atom. The summed E-state index contributed by atoms with van der Waals surface area (Å²) in [5.41, 5.74) is 1.83. The number of aromatic nitrogens is 1. The van der Waals surface area contributed by atoms with Gasteiger partial charge in [-0.25, -0.2) is 4.79 Å². The van der Waals surface area contributed by atoms with Crippen LogP contribution in [0.15, 0.2) is 48.8 Å². The monoisotopic (exact) mass is 335 g/mol. The fraction of sp³-hybridized carbons (Fsp3) is 0.294. The lowest BCUT2D eigenvalue weighted by atomic mass is 10.1. The number of alkyl halides is 2. The van der Waals surface area contributed by atoms with Crippen molar-refractivity contribution in [2.75, 3.05) is 6.54 Å². The fourth-order valence-corrected chi connectivity index (χ4v) is 2.14. The van der Waals surface area contributed by atoms with Crippen LogP contribution in [0.4, 0.5) is 13.6 Å². The van der Waals surface area contributed by atoms with Crippen molar-refractivity contribution in [1.82, 2.24) is 15.6 Å². The van der Waals surface area contributed by atoms with Gasteiger partial charge in [-0.05, 0) is 42.7 Å². The van der Waals surface area contributed by atoms with Crippen molar-refractivity contribution in [2.24, 2.45) is 0 Å². The van der Waals surface area contributed by atoms with E-state index in [1.54, 1.807) is 24.5 Å². The zero-order valence-electron chi connectivity index (χ0n) is 13.2. The maximum atomic E-state index is 12.1. The van der Waals surface area contributed by atoms with Gasteiger partial charge in [-0.15, -0.1) is 0 Å². The Balaban J connectivity index is 1.76. The number of carbonyl (C=O) groups excluding carboxylic acids is 1. The Kier molecular flexibility index (Phi) is 6.48. The van der Waals surface area contributed by atoms with Crippen LogP contribution < -0.4 is 15.4 Å². The Hall–Kier alpha value is -2.70. The summed E-state index contributed by atoms with van der Waals surface area (Å²) in [5.74, 6) is 0.0851. The van der Waals surface area contributed by atoms with Crippen LogP contribution in [-0.2, 0) is 6.42 Å². The molecule has 24 heavy (non-hydrogen) atoms. The highest BCUT2D eigenvalue weighted by atomic mass is 19.3. The van der Waals surface area contributed by atoms with E-state index in [2.05, 4.69) is 20.4 Å². The highest BCUT2D eigenvalue weighted by molar-refractivity contribution is 5.74. The maximum absolute atomic E-state index is 12.1. The summed E-state index contributed by atoms with van der Waals surface area (Å²) >= 11 is 0. The van der Waals surface area contributed by atoms with Crippen molar-refractivity contribution >= 4 is 6.03 Å². The molecule has 1 aromatic heterocycles. The van der Waals surface area contributed by atoms with E-state index in [0.29, 0.717) is 13.0 Å². The first-order valence-electron chi connectivity index (χ1n) is 7.52. The molecule has 7 heteroatoms. The first-order chi connectivity index (χ1) is 11.5. The molecule has 2 amide bonds. The zero-order chi connectivity index (χ0) is 17.4. The van der Waals surface area contributed by atoms with Crippen molar-refractivity contribution in [1.29, 1.82) is 0 Å². The predicted octanol–water partition coefficient (Wildman–Crippen LogP) is 3.29. The molecular formula is C17H19F2N3O2.